The summed E-state index contributed by atoms with van der Waals surface area (Å²) in [6, 6.07) is 12.9. The van der Waals surface area contributed by atoms with Gasteiger partial charge in [-0.2, -0.15) is 0 Å². The highest BCUT2D eigenvalue weighted by atomic mass is 35.5. The molecule has 0 aliphatic heterocycles. The Bertz CT molecular complexity index is 864. The van der Waals surface area contributed by atoms with E-state index in [4.69, 9.17) is 16.3 Å². The minimum absolute atomic E-state index is 0.212. The van der Waals surface area contributed by atoms with Gasteiger partial charge in [-0.3, -0.25) is 4.79 Å². The van der Waals surface area contributed by atoms with Gasteiger partial charge in [-0.1, -0.05) is 11.6 Å². The van der Waals surface area contributed by atoms with E-state index in [9.17, 15) is 4.79 Å². The van der Waals surface area contributed by atoms with Crippen molar-refractivity contribution in [1.82, 2.24) is 4.98 Å². The SMILES string of the molecule is Cc1cc(Cl)ccc1OC(C)C(=O)Nc1ccc(-c2nccs2)cc1. The molecule has 2 aromatic carbocycles. The van der Waals surface area contributed by atoms with E-state index in [-0.39, 0.29) is 5.91 Å². The van der Waals surface area contributed by atoms with Gasteiger partial charge in [0.1, 0.15) is 10.8 Å². The Kier molecular flexibility index (Phi) is 5.36. The highest BCUT2D eigenvalue weighted by molar-refractivity contribution is 7.13. The first-order valence-electron chi connectivity index (χ1n) is 7.76. The highest BCUT2D eigenvalue weighted by Crippen LogP contribution is 2.24. The number of rotatable bonds is 5. The number of halogens is 1. The van der Waals surface area contributed by atoms with Crippen LogP contribution in [0.15, 0.2) is 54.0 Å². The fourth-order valence-corrected chi connectivity index (χ4v) is 3.17. The van der Waals surface area contributed by atoms with Gasteiger partial charge in [0, 0.05) is 27.9 Å². The van der Waals surface area contributed by atoms with E-state index in [1.165, 1.54) is 0 Å². The summed E-state index contributed by atoms with van der Waals surface area (Å²) in [5, 5.41) is 6.38. The Hall–Kier alpha value is -2.37. The molecule has 1 amide bonds. The van der Waals surface area contributed by atoms with Gasteiger partial charge < -0.3 is 10.1 Å². The third-order valence-electron chi connectivity index (χ3n) is 3.64. The molecule has 128 valence electrons. The second-order valence-electron chi connectivity index (χ2n) is 5.57. The molecule has 1 unspecified atom stereocenters. The van der Waals surface area contributed by atoms with Crippen molar-refractivity contribution in [3.8, 4) is 16.3 Å². The first kappa shape index (κ1) is 17.5. The first-order valence-corrected chi connectivity index (χ1v) is 9.02. The Labute approximate surface area is 155 Å². The molecule has 0 saturated heterocycles. The van der Waals surface area contributed by atoms with E-state index in [0.717, 1.165) is 16.1 Å². The Morgan fingerprint density at radius 2 is 2.00 bits per heavy atom. The zero-order valence-corrected chi connectivity index (χ0v) is 15.4. The van der Waals surface area contributed by atoms with E-state index in [1.807, 2.05) is 36.6 Å². The predicted molar refractivity (Wildman–Crippen MR) is 102 cm³/mol. The third-order valence-corrected chi connectivity index (χ3v) is 4.70. The maximum atomic E-state index is 12.3. The maximum absolute atomic E-state index is 12.3. The summed E-state index contributed by atoms with van der Waals surface area (Å²) in [6.45, 7) is 3.61. The number of hydrogen-bond acceptors (Lipinski definition) is 4. The molecule has 0 aliphatic carbocycles. The standard InChI is InChI=1S/C19H17ClN2O2S/c1-12-11-15(20)5-8-17(12)24-13(2)18(23)22-16-6-3-14(4-7-16)19-21-9-10-25-19/h3-11,13H,1-2H3,(H,22,23). The molecule has 4 nitrogen and oxygen atoms in total. The molecule has 6 heteroatoms. The lowest BCUT2D eigenvalue weighted by Gasteiger charge is -2.16. The highest BCUT2D eigenvalue weighted by Gasteiger charge is 2.16. The summed E-state index contributed by atoms with van der Waals surface area (Å²) in [5.41, 5.74) is 2.63. The number of nitrogens with zero attached hydrogens (tertiary/aromatic N) is 1. The number of benzene rings is 2. The number of carbonyl (C=O) groups is 1. The van der Waals surface area contributed by atoms with Crippen LogP contribution in [0, 0.1) is 6.92 Å². The minimum atomic E-state index is -0.626. The fraction of sp³-hybridized carbons (Fsp3) is 0.158. The number of aromatic nitrogens is 1. The summed E-state index contributed by atoms with van der Waals surface area (Å²) in [4.78, 5) is 16.6. The Morgan fingerprint density at radius 1 is 1.24 bits per heavy atom. The van der Waals surface area contributed by atoms with Gasteiger partial charge in [-0.15, -0.1) is 11.3 Å². The summed E-state index contributed by atoms with van der Waals surface area (Å²) in [6.07, 6.45) is 1.14. The molecule has 25 heavy (non-hydrogen) atoms. The summed E-state index contributed by atoms with van der Waals surface area (Å²) in [7, 11) is 0. The quantitative estimate of drug-likeness (QED) is 0.671. The van der Waals surface area contributed by atoms with E-state index in [1.54, 1.807) is 42.7 Å². The second-order valence-corrected chi connectivity index (χ2v) is 6.90. The molecular formula is C19H17ClN2O2S. The first-order chi connectivity index (χ1) is 12.0. The van der Waals surface area contributed by atoms with Gasteiger partial charge >= 0.3 is 0 Å². The molecule has 3 rings (SSSR count). The minimum Gasteiger partial charge on any atom is -0.481 e. The third kappa shape index (κ3) is 4.38. The molecule has 0 fully saturated rings. The van der Waals surface area contributed by atoms with E-state index >= 15 is 0 Å². The number of anilines is 1. The lowest BCUT2D eigenvalue weighted by atomic mass is 10.2. The van der Waals surface area contributed by atoms with Crippen LogP contribution in [0.5, 0.6) is 5.75 Å². The van der Waals surface area contributed by atoms with Gasteiger partial charge in [0.25, 0.3) is 5.91 Å². The van der Waals surface area contributed by atoms with Crippen molar-refractivity contribution in [2.75, 3.05) is 5.32 Å². The topological polar surface area (TPSA) is 51.2 Å². The van der Waals surface area contributed by atoms with Crippen LogP contribution in [0.25, 0.3) is 10.6 Å². The van der Waals surface area contributed by atoms with Gasteiger partial charge in [-0.05, 0) is 61.9 Å². The van der Waals surface area contributed by atoms with Gasteiger partial charge in [0.2, 0.25) is 0 Å². The summed E-state index contributed by atoms with van der Waals surface area (Å²) < 4.78 is 5.74. The van der Waals surface area contributed by atoms with Crippen molar-refractivity contribution in [3.05, 3.63) is 64.6 Å². The number of thiazole rings is 1. The maximum Gasteiger partial charge on any atom is 0.265 e. The monoisotopic (exact) mass is 372 g/mol. The van der Waals surface area contributed by atoms with Crippen molar-refractivity contribution in [2.24, 2.45) is 0 Å². The van der Waals surface area contributed by atoms with E-state index < -0.39 is 6.10 Å². The van der Waals surface area contributed by atoms with Crippen LogP contribution >= 0.6 is 22.9 Å². The smallest absolute Gasteiger partial charge is 0.265 e. The number of aryl methyl sites for hydroxylation is 1. The van der Waals surface area contributed by atoms with Crippen molar-refractivity contribution in [2.45, 2.75) is 20.0 Å². The van der Waals surface area contributed by atoms with Gasteiger partial charge in [0.15, 0.2) is 6.10 Å². The van der Waals surface area contributed by atoms with Crippen molar-refractivity contribution in [3.63, 3.8) is 0 Å². The van der Waals surface area contributed by atoms with Gasteiger partial charge in [-0.25, -0.2) is 4.98 Å². The van der Waals surface area contributed by atoms with Crippen LogP contribution in [0.3, 0.4) is 0 Å². The number of carbonyl (C=O) groups excluding carboxylic acids is 1. The molecule has 0 radical (unpaired) electrons. The summed E-state index contributed by atoms with van der Waals surface area (Å²) in [5.74, 6) is 0.433. The summed E-state index contributed by atoms with van der Waals surface area (Å²) >= 11 is 7.51. The average Bonchev–Trinajstić information content (AvgIpc) is 3.12. The lowest BCUT2D eigenvalue weighted by Crippen LogP contribution is -2.30. The van der Waals surface area contributed by atoms with Crippen LogP contribution in [0.2, 0.25) is 5.02 Å². The number of nitrogens with one attached hydrogen (secondary N) is 1. The lowest BCUT2D eigenvalue weighted by molar-refractivity contribution is -0.122. The largest absolute Gasteiger partial charge is 0.481 e. The molecule has 1 atom stereocenters. The predicted octanol–water partition coefficient (Wildman–Crippen LogP) is 5.18. The molecular weight excluding hydrogens is 356 g/mol. The molecule has 1 N–H and O–H groups in total. The van der Waals surface area contributed by atoms with Crippen LogP contribution in [-0.2, 0) is 4.79 Å². The zero-order valence-electron chi connectivity index (χ0n) is 13.8. The number of amides is 1. The van der Waals surface area contributed by atoms with Crippen molar-refractivity contribution >= 4 is 34.5 Å². The zero-order chi connectivity index (χ0) is 17.8. The molecule has 0 spiro atoms. The average molecular weight is 373 g/mol. The molecule has 0 saturated carbocycles. The van der Waals surface area contributed by atoms with Crippen LogP contribution in [0.4, 0.5) is 5.69 Å². The molecule has 1 aromatic heterocycles. The van der Waals surface area contributed by atoms with E-state index in [2.05, 4.69) is 10.3 Å². The van der Waals surface area contributed by atoms with Crippen LogP contribution < -0.4 is 10.1 Å². The number of ether oxygens (including phenoxy) is 1. The van der Waals surface area contributed by atoms with Crippen LogP contribution in [-0.4, -0.2) is 17.0 Å². The van der Waals surface area contributed by atoms with Crippen molar-refractivity contribution < 1.29 is 9.53 Å². The normalized spacial score (nSPS) is 11.8. The van der Waals surface area contributed by atoms with E-state index in [0.29, 0.717) is 16.5 Å². The van der Waals surface area contributed by atoms with Gasteiger partial charge in [0.05, 0.1) is 0 Å². The second kappa shape index (κ2) is 7.68. The fourth-order valence-electron chi connectivity index (χ4n) is 2.30. The van der Waals surface area contributed by atoms with Crippen LogP contribution in [0.1, 0.15) is 12.5 Å². The molecule has 0 aliphatic rings. The Balaban J connectivity index is 1.63. The Morgan fingerprint density at radius 3 is 2.64 bits per heavy atom. The molecule has 1 heterocycles. The molecule has 3 aromatic rings. The number of hydrogen-bond donors (Lipinski definition) is 1. The van der Waals surface area contributed by atoms with Crippen molar-refractivity contribution in [1.29, 1.82) is 0 Å². The molecule has 0 bridgehead atoms.